The fourth-order valence-corrected chi connectivity index (χ4v) is 3.31. The van der Waals surface area contributed by atoms with Crippen LogP contribution in [0.3, 0.4) is 0 Å². The maximum atomic E-state index is 13.6. The van der Waals surface area contributed by atoms with Gasteiger partial charge >= 0.3 is 0 Å². The first-order valence-electron chi connectivity index (χ1n) is 6.26. The third kappa shape index (κ3) is 2.64. The normalized spacial score (nSPS) is 13.6. The number of fused-ring (bicyclic) bond motifs is 1. The quantitative estimate of drug-likeness (QED) is 0.909. The largest absolute Gasteiger partial charge is 0.326 e. The number of halogens is 2. The Kier molecular flexibility index (Phi) is 3.32. The second-order valence-electron chi connectivity index (χ2n) is 4.78. The van der Waals surface area contributed by atoms with Crippen molar-refractivity contribution in [3.63, 3.8) is 0 Å². The molecule has 0 saturated heterocycles. The summed E-state index contributed by atoms with van der Waals surface area (Å²) in [5.41, 5.74) is 1.45. The first-order chi connectivity index (χ1) is 10.3. The van der Waals surface area contributed by atoms with E-state index in [1.807, 2.05) is 0 Å². The number of rotatable bonds is 3. The van der Waals surface area contributed by atoms with Gasteiger partial charge in [-0.25, -0.2) is 17.2 Å². The Morgan fingerprint density at radius 1 is 1.09 bits per heavy atom. The summed E-state index contributed by atoms with van der Waals surface area (Å²) in [6.07, 6.45) is 0.149. The number of carbonyl (C=O) groups is 1. The van der Waals surface area contributed by atoms with Crippen molar-refractivity contribution in [1.82, 2.24) is 0 Å². The first-order valence-corrected chi connectivity index (χ1v) is 7.74. The van der Waals surface area contributed by atoms with E-state index in [9.17, 15) is 22.0 Å². The monoisotopic (exact) mass is 324 g/mol. The van der Waals surface area contributed by atoms with Crippen LogP contribution in [-0.2, 0) is 21.2 Å². The molecule has 22 heavy (non-hydrogen) atoms. The van der Waals surface area contributed by atoms with E-state index in [4.69, 9.17) is 0 Å². The molecule has 0 bridgehead atoms. The smallest absolute Gasteiger partial charge is 0.264 e. The van der Waals surface area contributed by atoms with Gasteiger partial charge in [0.15, 0.2) is 0 Å². The Balaban J connectivity index is 1.92. The van der Waals surface area contributed by atoms with E-state index >= 15 is 0 Å². The molecule has 8 heteroatoms. The summed E-state index contributed by atoms with van der Waals surface area (Å²) in [5.74, 6) is -2.22. The molecule has 1 aliphatic heterocycles. The van der Waals surface area contributed by atoms with Crippen LogP contribution in [0.1, 0.15) is 5.56 Å². The van der Waals surface area contributed by atoms with E-state index < -0.39 is 26.6 Å². The molecule has 0 aromatic heterocycles. The molecular formula is C14H10F2N2O3S. The summed E-state index contributed by atoms with van der Waals surface area (Å²) >= 11 is 0. The minimum Gasteiger partial charge on any atom is -0.326 e. The molecule has 0 unspecified atom stereocenters. The highest BCUT2D eigenvalue weighted by atomic mass is 32.2. The Labute approximate surface area is 125 Å². The minimum absolute atomic E-state index is 0.149. The van der Waals surface area contributed by atoms with E-state index in [0.717, 1.165) is 12.1 Å². The van der Waals surface area contributed by atoms with Crippen molar-refractivity contribution in [2.45, 2.75) is 11.3 Å². The Morgan fingerprint density at radius 2 is 1.86 bits per heavy atom. The van der Waals surface area contributed by atoms with Crippen LogP contribution in [0.2, 0.25) is 0 Å². The highest BCUT2D eigenvalue weighted by Gasteiger charge is 2.22. The van der Waals surface area contributed by atoms with Crippen molar-refractivity contribution in [2.24, 2.45) is 0 Å². The zero-order valence-electron chi connectivity index (χ0n) is 11.1. The Bertz CT molecular complexity index is 882. The molecule has 0 saturated carbocycles. The van der Waals surface area contributed by atoms with Crippen molar-refractivity contribution >= 4 is 27.3 Å². The van der Waals surface area contributed by atoms with Gasteiger partial charge in [-0.05, 0) is 35.9 Å². The maximum Gasteiger partial charge on any atom is 0.264 e. The first kappa shape index (κ1) is 14.5. The molecule has 3 rings (SSSR count). The number of nitrogens with one attached hydrogen (secondary N) is 2. The van der Waals surface area contributed by atoms with Gasteiger partial charge in [-0.3, -0.25) is 9.52 Å². The zero-order chi connectivity index (χ0) is 15.9. The van der Waals surface area contributed by atoms with Crippen molar-refractivity contribution < 1.29 is 22.0 Å². The summed E-state index contributed by atoms with van der Waals surface area (Å²) in [6.45, 7) is 0. The highest BCUT2D eigenvalue weighted by Crippen LogP contribution is 2.27. The van der Waals surface area contributed by atoms with Gasteiger partial charge in [0.05, 0.1) is 6.42 Å². The van der Waals surface area contributed by atoms with Gasteiger partial charge in [0.25, 0.3) is 10.0 Å². The molecule has 0 atom stereocenters. The molecule has 5 nitrogen and oxygen atoms in total. The van der Waals surface area contributed by atoms with Crippen LogP contribution in [0.5, 0.6) is 0 Å². The van der Waals surface area contributed by atoms with E-state index in [2.05, 4.69) is 10.0 Å². The molecule has 2 aromatic rings. The predicted octanol–water partition coefficient (Wildman–Crippen LogP) is 2.26. The molecule has 2 aromatic carbocycles. The molecule has 1 heterocycles. The number of amides is 1. The number of carbonyl (C=O) groups excluding carboxylic acids is 1. The summed E-state index contributed by atoms with van der Waals surface area (Å²) < 4.78 is 53.0. The molecular weight excluding hydrogens is 314 g/mol. The van der Waals surface area contributed by atoms with E-state index in [1.54, 1.807) is 6.07 Å². The second-order valence-corrected chi connectivity index (χ2v) is 6.43. The number of benzene rings is 2. The lowest BCUT2D eigenvalue weighted by Crippen LogP contribution is -2.14. The minimum atomic E-state index is -4.19. The molecule has 0 aliphatic carbocycles. The lowest BCUT2D eigenvalue weighted by atomic mass is 10.1. The highest BCUT2D eigenvalue weighted by molar-refractivity contribution is 7.92. The van der Waals surface area contributed by atoms with Gasteiger partial charge in [-0.15, -0.1) is 0 Å². The van der Waals surface area contributed by atoms with Crippen LogP contribution in [-0.4, -0.2) is 14.3 Å². The van der Waals surface area contributed by atoms with E-state index in [0.29, 0.717) is 17.3 Å². The summed E-state index contributed by atoms with van der Waals surface area (Å²) in [5, 5.41) is 2.62. The zero-order valence-corrected chi connectivity index (χ0v) is 11.9. The molecule has 1 aliphatic rings. The summed E-state index contributed by atoms with van der Waals surface area (Å²) in [7, 11) is -4.19. The lowest BCUT2D eigenvalue weighted by Gasteiger charge is -2.10. The van der Waals surface area contributed by atoms with Gasteiger partial charge < -0.3 is 5.32 Å². The topological polar surface area (TPSA) is 75.3 Å². The second kappa shape index (κ2) is 5.06. The Morgan fingerprint density at radius 3 is 2.59 bits per heavy atom. The number of sulfonamides is 1. The molecule has 114 valence electrons. The van der Waals surface area contributed by atoms with Crippen LogP contribution < -0.4 is 10.0 Å². The van der Waals surface area contributed by atoms with Crippen LogP contribution in [0.4, 0.5) is 20.2 Å². The average molecular weight is 324 g/mol. The molecule has 0 fully saturated rings. The van der Waals surface area contributed by atoms with Gasteiger partial charge in [-0.2, -0.15) is 0 Å². The van der Waals surface area contributed by atoms with E-state index in [-0.39, 0.29) is 18.0 Å². The number of anilines is 2. The fourth-order valence-electron chi connectivity index (χ4n) is 2.20. The molecule has 2 N–H and O–H groups in total. The predicted molar refractivity (Wildman–Crippen MR) is 75.9 cm³/mol. The Hall–Kier alpha value is -2.48. The summed E-state index contributed by atoms with van der Waals surface area (Å²) in [4.78, 5) is 10.6. The maximum absolute atomic E-state index is 13.6. The van der Waals surface area contributed by atoms with Crippen LogP contribution in [0, 0.1) is 11.6 Å². The third-order valence-electron chi connectivity index (χ3n) is 3.17. The van der Waals surface area contributed by atoms with Gasteiger partial charge in [-0.1, -0.05) is 0 Å². The number of hydrogen-bond acceptors (Lipinski definition) is 3. The van der Waals surface area contributed by atoms with Crippen LogP contribution >= 0.6 is 0 Å². The van der Waals surface area contributed by atoms with Crippen molar-refractivity contribution in [3.8, 4) is 0 Å². The third-order valence-corrected chi connectivity index (χ3v) is 4.58. The van der Waals surface area contributed by atoms with E-state index in [1.165, 1.54) is 12.1 Å². The average Bonchev–Trinajstić information content (AvgIpc) is 2.77. The summed E-state index contributed by atoms with van der Waals surface area (Å²) in [6, 6.07) is 6.71. The standard InChI is InChI=1S/C14H10F2N2O3S/c15-9-1-4-13(11(16)7-9)22(20,21)18-10-2-3-12-8(5-10)6-14(19)17-12/h1-5,7,18H,6H2,(H,17,19). The molecule has 1 amide bonds. The lowest BCUT2D eigenvalue weighted by molar-refractivity contribution is -0.115. The van der Waals surface area contributed by atoms with Crippen molar-refractivity contribution in [3.05, 3.63) is 53.6 Å². The van der Waals surface area contributed by atoms with Crippen LogP contribution in [0.25, 0.3) is 0 Å². The fraction of sp³-hybridized carbons (Fsp3) is 0.0714. The SMILES string of the molecule is O=C1Cc2cc(NS(=O)(=O)c3ccc(F)cc3F)ccc2N1. The van der Waals surface area contributed by atoms with Gasteiger partial charge in [0, 0.05) is 17.4 Å². The van der Waals surface area contributed by atoms with Gasteiger partial charge in [0.2, 0.25) is 5.91 Å². The van der Waals surface area contributed by atoms with Crippen molar-refractivity contribution in [1.29, 1.82) is 0 Å². The number of hydrogen-bond donors (Lipinski definition) is 2. The molecule has 0 spiro atoms. The van der Waals surface area contributed by atoms with Gasteiger partial charge in [0.1, 0.15) is 16.5 Å². The van der Waals surface area contributed by atoms with Crippen molar-refractivity contribution in [2.75, 3.05) is 10.0 Å². The van der Waals surface area contributed by atoms with Crippen LogP contribution in [0.15, 0.2) is 41.3 Å². The molecule has 0 radical (unpaired) electrons.